The van der Waals surface area contributed by atoms with Crippen LogP contribution in [0.2, 0.25) is 0 Å². The molecule has 8 nitrogen and oxygen atoms in total. The predicted molar refractivity (Wildman–Crippen MR) is 115 cm³/mol. The van der Waals surface area contributed by atoms with Crippen molar-refractivity contribution in [3.63, 3.8) is 0 Å². The third kappa shape index (κ3) is 5.01. The van der Waals surface area contributed by atoms with Crippen molar-refractivity contribution in [1.82, 2.24) is 19.7 Å². The highest BCUT2D eigenvalue weighted by atomic mass is 19.1. The van der Waals surface area contributed by atoms with Crippen LogP contribution in [-0.4, -0.2) is 45.4 Å². The number of esters is 1. The van der Waals surface area contributed by atoms with Crippen molar-refractivity contribution in [2.45, 2.75) is 26.7 Å². The van der Waals surface area contributed by atoms with E-state index >= 15 is 0 Å². The zero-order valence-electron chi connectivity index (χ0n) is 17.9. The molecule has 1 fully saturated rings. The number of pyridine rings is 1. The van der Waals surface area contributed by atoms with Crippen LogP contribution in [-0.2, 0) is 9.53 Å². The van der Waals surface area contributed by atoms with Crippen molar-refractivity contribution in [3.05, 3.63) is 53.9 Å². The smallest absolute Gasteiger partial charge is 0.309 e. The van der Waals surface area contributed by atoms with Gasteiger partial charge in [0, 0.05) is 19.2 Å². The molecule has 0 saturated carbocycles. The van der Waals surface area contributed by atoms with Crippen LogP contribution in [0.25, 0.3) is 5.69 Å². The van der Waals surface area contributed by atoms with E-state index in [2.05, 4.69) is 25.3 Å². The van der Waals surface area contributed by atoms with Gasteiger partial charge in [0.1, 0.15) is 29.6 Å². The van der Waals surface area contributed by atoms with Gasteiger partial charge in [-0.3, -0.25) is 4.79 Å². The van der Waals surface area contributed by atoms with Gasteiger partial charge in [-0.15, -0.1) is 5.10 Å². The normalized spacial score (nSPS) is 14.4. The van der Waals surface area contributed by atoms with E-state index in [0.717, 1.165) is 17.4 Å². The maximum atomic E-state index is 13.5. The third-order valence-corrected chi connectivity index (χ3v) is 5.24. The van der Waals surface area contributed by atoms with Crippen LogP contribution in [0, 0.1) is 24.5 Å². The van der Waals surface area contributed by atoms with Gasteiger partial charge in [0.25, 0.3) is 0 Å². The number of halogens is 2. The van der Waals surface area contributed by atoms with E-state index in [0.29, 0.717) is 38.4 Å². The highest BCUT2D eigenvalue weighted by Gasteiger charge is 2.26. The zero-order chi connectivity index (χ0) is 22.7. The molecular weight excluding hydrogens is 418 g/mol. The monoisotopic (exact) mass is 442 g/mol. The molecule has 10 heteroatoms. The molecule has 0 amide bonds. The van der Waals surface area contributed by atoms with Crippen LogP contribution in [0.4, 0.5) is 26.4 Å². The van der Waals surface area contributed by atoms with E-state index in [1.54, 1.807) is 0 Å². The van der Waals surface area contributed by atoms with Gasteiger partial charge in [-0.25, -0.2) is 18.4 Å². The van der Waals surface area contributed by atoms with Crippen molar-refractivity contribution >= 4 is 23.6 Å². The van der Waals surface area contributed by atoms with Gasteiger partial charge in [0.15, 0.2) is 0 Å². The number of nitrogens with one attached hydrogen (secondary N) is 1. The molecule has 0 aliphatic carbocycles. The van der Waals surface area contributed by atoms with Crippen LogP contribution in [0.15, 0.2) is 36.7 Å². The molecular formula is C22H24F2N6O2. The molecule has 3 aromatic rings. The molecule has 32 heavy (non-hydrogen) atoms. The molecule has 2 aromatic heterocycles. The highest BCUT2D eigenvalue weighted by molar-refractivity contribution is 5.72. The Labute approximate surface area is 184 Å². The van der Waals surface area contributed by atoms with E-state index in [1.807, 2.05) is 26.0 Å². The number of piperidine rings is 1. The van der Waals surface area contributed by atoms with Gasteiger partial charge in [-0.1, -0.05) is 0 Å². The van der Waals surface area contributed by atoms with Crippen molar-refractivity contribution in [1.29, 1.82) is 0 Å². The average molecular weight is 442 g/mol. The molecule has 1 aliphatic rings. The Hall–Kier alpha value is -3.56. The second-order valence-electron chi connectivity index (χ2n) is 7.67. The molecule has 1 aliphatic heterocycles. The Bertz CT molecular complexity index is 1090. The standard InChI is InChI=1S/C22H24F2N6O2/c1-3-32-21(31)15-4-6-29(7-5-15)20-9-14(2)8-19(26-20)27-22-25-13-30(28-22)18-11-16(23)10-17(24)12-18/h8-13,15H,3-7H2,1-2H3,(H,26,27,28). The van der Waals surface area contributed by atoms with Gasteiger partial charge in [0.05, 0.1) is 18.2 Å². The number of hydrogen-bond acceptors (Lipinski definition) is 7. The fraction of sp³-hybridized carbons (Fsp3) is 0.364. The van der Waals surface area contributed by atoms with Crippen LogP contribution >= 0.6 is 0 Å². The van der Waals surface area contributed by atoms with Crippen molar-refractivity contribution < 1.29 is 18.3 Å². The summed E-state index contributed by atoms with van der Waals surface area (Å²) in [7, 11) is 0. The number of rotatable bonds is 6. The number of aryl methyl sites for hydroxylation is 1. The maximum absolute atomic E-state index is 13.5. The van der Waals surface area contributed by atoms with E-state index in [9.17, 15) is 13.6 Å². The quantitative estimate of drug-likeness (QED) is 0.582. The first kappa shape index (κ1) is 21.7. The summed E-state index contributed by atoms with van der Waals surface area (Å²) in [5.41, 5.74) is 1.22. The molecule has 4 rings (SSSR count). The topological polar surface area (TPSA) is 85.2 Å². The summed E-state index contributed by atoms with van der Waals surface area (Å²) in [4.78, 5) is 22.9. The van der Waals surface area contributed by atoms with Gasteiger partial charge in [-0.05, 0) is 56.5 Å². The van der Waals surface area contributed by atoms with E-state index in [1.165, 1.54) is 23.1 Å². The maximum Gasteiger partial charge on any atom is 0.309 e. The van der Waals surface area contributed by atoms with E-state index in [-0.39, 0.29) is 23.5 Å². The predicted octanol–water partition coefficient (Wildman–Crippen LogP) is 3.77. The minimum absolute atomic E-state index is 0.0746. The minimum Gasteiger partial charge on any atom is -0.466 e. The molecule has 0 unspecified atom stereocenters. The second-order valence-corrected chi connectivity index (χ2v) is 7.67. The number of aromatic nitrogens is 4. The molecule has 168 valence electrons. The molecule has 0 atom stereocenters. The Morgan fingerprint density at radius 1 is 1.16 bits per heavy atom. The van der Waals surface area contributed by atoms with Crippen LogP contribution in [0.1, 0.15) is 25.3 Å². The summed E-state index contributed by atoms with van der Waals surface area (Å²) in [6.45, 7) is 5.58. The fourth-order valence-electron chi connectivity index (χ4n) is 3.71. The summed E-state index contributed by atoms with van der Waals surface area (Å²) in [5, 5.41) is 7.28. The largest absolute Gasteiger partial charge is 0.466 e. The van der Waals surface area contributed by atoms with Gasteiger partial charge in [0.2, 0.25) is 5.95 Å². The first-order valence-electron chi connectivity index (χ1n) is 10.5. The number of hydrogen-bond donors (Lipinski definition) is 1. The van der Waals surface area contributed by atoms with E-state index in [4.69, 9.17) is 4.74 Å². The molecule has 1 N–H and O–H groups in total. The summed E-state index contributed by atoms with van der Waals surface area (Å²) in [6, 6.07) is 6.98. The Morgan fingerprint density at radius 3 is 2.56 bits per heavy atom. The first-order valence-corrected chi connectivity index (χ1v) is 10.5. The highest BCUT2D eigenvalue weighted by Crippen LogP contribution is 2.26. The number of ether oxygens (including phenoxy) is 1. The van der Waals surface area contributed by atoms with Gasteiger partial charge < -0.3 is 15.0 Å². The lowest BCUT2D eigenvalue weighted by Crippen LogP contribution is -2.37. The summed E-state index contributed by atoms with van der Waals surface area (Å²) >= 11 is 0. The van der Waals surface area contributed by atoms with Crippen LogP contribution < -0.4 is 10.2 Å². The molecule has 1 aromatic carbocycles. The lowest BCUT2D eigenvalue weighted by molar-refractivity contribution is -0.148. The summed E-state index contributed by atoms with van der Waals surface area (Å²) in [6.07, 6.45) is 2.80. The number of benzene rings is 1. The third-order valence-electron chi connectivity index (χ3n) is 5.24. The van der Waals surface area contributed by atoms with Crippen LogP contribution in [0.3, 0.4) is 0 Å². The van der Waals surface area contributed by atoms with Crippen molar-refractivity contribution in [2.75, 3.05) is 29.9 Å². The number of carbonyl (C=O) groups is 1. The number of carbonyl (C=O) groups excluding carboxylic acids is 1. The second kappa shape index (κ2) is 9.29. The molecule has 0 radical (unpaired) electrons. The van der Waals surface area contributed by atoms with Crippen molar-refractivity contribution in [2.24, 2.45) is 5.92 Å². The molecule has 3 heterocycles. The van der Waals surface area contributed by atoms with E-state index < -0.39 is 11.6 Å². The average Bonchev–Trinajstić information content (AvgIpc) is 3.21. The van der Waals surface area contributed by atoms with Crippen LogP contribution in [0.5, 0.6) is 0 Å². The Balaban J connectivity index is 1.46. The summed E-state index contributed by atoms with van der Waals surface area (Å²) in [5.74, 6) is 0.00121. The lowest BCUT2D eigenvalue weighted by Gasteiger charge is -2.32. The first-order chi connectivity index (χ1) is 15.4. The molecule has 1 saturated heterocycles. The number of anilines is 3. The zero-order valence-corrected chi connectivity index (χ0v) is 17.9. The number of nitrogens with zero attached hydrogens (tertiary/aromatic N) is 5. The van der Waals surface area contributed by atoms with Gasteiger partial charge in [-0.2, -0.15) is 4.98 Å². The van der Waals surface area contributed by atoms with Gasteiger partial charge >= 0.3 is 5.97 Å². The minimum atomic E-state index is -0.693. The SMILES string of the molecule is CCOC(=O)C1CCN(c2cc(C)cc(Nc3ncn(-c4cc(F)cc(F)c4)n3)n2)CC1. The summed E-state index contributed by atoms with van der Waals surface area (Å²) < 4.78 is 33.4. The molecule has 0 spiro atoms. The fourth-order valence-corrected chi connectivity index (χ4v) is 3.71. The Kier molecular flexibility index (Phi) is 6.29. The molecule has 0 bridgehead atoms. The lowest BCUT2D eigenvalue weighted by atomic mass is 9.97. The Morgan fingerprint density at radius 2 is 1.88 bits per heavy atom. The van der Waals surface area contributed by atoms with Crippen molar-refractivity contribution in [3.8, 4) is 5.69 Å².